The number of nitro groups is 1. The van der Waals surface area contributed by atoms with Gasteiger partial charge in [-0.15, -0.1) is 0 Å². The Morgan fingerprint density at radius 3 is 2.67 bits per heavy atom. The third kappa shape index (κ3) is 3.93. The molecule has 2 aromatic carbocycles. The number of methoxy groups -OCH3 is 2. The highest BCUT2D eigenvalue weighted by atomic mass is 16.7. The molecule has 0 N–H and O–H groups in total. The molecule has 0 radical (unpaired) electrons. The molecule has 2 aromatic rings. The van der Waals surface area contributed by atoms with E-state index >= 15 is 0 Å². The van der Waals surface area contributed by atoms with Gasteiger partial charge in [0.05, 0.1) is 31.3 Å². The molecule has 9 heteroatoms. The number of non-ortho nitro benzene ring substituents is 1. The first-order valence-electron chi connectivity index (χ1n) is 7.93. The van der Waals surface area contributed by atoms with E-state index in [0.717, 1.165) is 0 Å². The fourth-order valence-corrected chi connectivity index (χ4v) is 2.68. The Bertz CT molecular complexity index is 880. The molecule has 0 atom stereocenters. The number of carbonyl (C=O) groups is 1. The fraction of sp³-hybridized carbons (Fsp3) is 0.278. The largest absolute Gasteiger partial charge is 0.493 e. The zero-order valence-electron chi connectivity index (χ0n) is 14.7. The van der Waals surface area contributed by atoms with E-state index in [4.69, 9.17) is 23.7 Å². The van der Waals surface area contributed by atoms with E-state index in [0.29, 0.717) is 28.4 Å². The number of fused-ring (bicyclic) bond motifs is 1. The van der Waals surface area contributed by atoms with Gasteiger partial charge in [-0.2, -0.15) is 0 Å². The lowest BCUT2D eigenvalue weighted by Gasteiger charge is -2.20. The Morgan fingerprint density at radius 2 is 1.96 bits per heavy atom. The van der Waals surface area contributed by atoms with Crippen LogP contribution in [0.3, 0.4) is 0 Å². The van der Waals surface area contributed by atoms with E-state index < -0.39 is 10.9 Å². The second-order valence-electron chi connectivity index (χ2n) is 5.61. The molecule has 1 heterocycles. The highest BCUT2D eigenvalue weighted by Gasteiger charge is 2.22. The number of nitrogens with zero attached hydrogens (tertiary/aromatic N) is 1. The van der Waals surface area contributed by atoms with Crippen molar-refractivity contribution < 1.29 is 33.4 Å². The smallest absolute Gasteiger partial charge is 0.338 e. The molecule has 0 aromatic heterocycles. The predicted octanol–water partition coefficient (Wildman–Crippen LogP) is 2.84. The number of benzene rings is 2. The van der Waals surface area contributed by atoms with Crippen LogP contribution in [0.4, 0.5) is 5.69 Å². The third-order valence-electron chi connectivity index (χ3n) is 3.96. The quantitative estimate of drug-likeness (QED) is 0.431. The summed E-state index contributed by atoms with van der Waals surface area (Å²) in [5.74, 6) is 0.700. The van der Waals surface area contributed by atoms with Crippen molar-refractivity contribution in [2.75, 3.05) is 21.0 Å². The van der Waals surface area contributed by atoms with Crippen molar-refractivity contribution in [3.63, 3.8) is 0 Å². The maximum atomic E-state index is 12.4. The summed E-state index contributed by atoms with van der Waals surface area (Å²) in [5.41, 5.74) is 1.07. The van der Waals surface area contributed by atoms with Crippen LogP contribution in [0.2, 0.25) is 0 Å². The molecule has 3 rings (SSSR count). The van der Waals surface area contributed by atoms with Gasteiger partial charge in [-0.05, 0) is 18.2 Å². The summed E-state index contributed by atoms with van der Waals surface area (Å²) in [6.45, 7) is 0.0340. The van der Waals surface area contributed by atoms with Crippen LogP contribution in [-0.2, 0) is 22.7 Å². The Hall–Kier alpha value is -3.33. The van der Waals surface area contributed by atoms with Gasteiger partial charge in [-0.3, -0.25) is 10.1 Å². The van der Waals surface area contributed by atoms with Crippen molar-refractivity contribution in [2.24, 2.45) is 0 Å². The molecule has 27 heavy (non-hydrogen) atoms. The summed E-state index contributed by atoms with van der Waals surface area (Å²) in [6, 6.07) is 7.33. The van der Waals surface area contributed by atoms with Gasteiger partial charge in [0.15, 0.2) is 18.3 Å². The standard InChI is InChI=1S/C18H17NO8/c1-23-15-4-3-11(7-16(15)24-2)18(20)26-9-13-6-14(19(21)22)5-12-8-25-10-27-17(12)13/h3-7H,8-10H2,1-2H3. The number of hydrogen-bond acceptors (Lipinski definition) is 8. The molecule has 0 bridgehead atoms. The van der Waals surface area contributed by atoms with E-state index in [-0.39, 0.29) is 31.3 Å². The molecular weight excluding hydrogens is 358 g/mol. The SMILES string of the molecule is COc1ccc(C(=O)OCc2cc([N+](=O)[O-])cc3c2OCOC3)cc1OC. The van der Waals surface area contributed by atoms with Crippen LogP contribution < -0.4 is 14.2 Å². The third-order valence-corrected chi connectivity index (χ3v) is 3.96. The van der Waals surface area contributed by atoms with Crippen LogP contribution in [0.25, 0.3) is 0 Å². The number of nitro benzene ring substituents is 1. The fourth-order valence-electron chi connectivity index (χ4n) is 2.68. The van der Waals surface area contributed by atoms with Crippen LogP contribution in [0.1, 0.15) is 21.5 Å². The van der Waals surface area contributed by atoms with Gasteiger partial charge in [0.25, 0.3) is 5.69 Å². The zero-order valence-corrected chi connectivity index (χ0v) is 14.7. The van der Waals surface area contributed by atoms with Crippen molar-refractivity contribution in [3.05, 3.63) is 57.1 Å². The molecule has 0 unspecified atom stereocenters. The summed E-state index contributed by atoms with van der Waals surface area (Å²) in [5, 5.41) is 11.1. The maximum Gasteiger partial charge on any atom is 0.338 e. The van der Waals surface area contributed by atoms with Gasteiger partial charge < -0.3 is 23.7 Å². The van der Waals surface area contributed by atoms with Gasteiger partial charge >= 0.3 is 5.97 Å². The van der Waals surface area contributed by atoms with E-state index in [1.54, 1.807) is 6.07 Å². The van der Waals surface area contributed by atoms with Crippen molar-refractivity contribution in [1.29, 1.82) is 0 Å². The number of ether oxygens (including phenoxy) is 5. The summed E-state index contributed by atoms with van der Waals surface area (Å²) >= 11 is 0. The average Bonchev–Trinajstić information content (AvgIpc) is 2.70. The van der Waals surface area contributed by atoms with E-state index in [1.807, 2.05) is 0 Å². The monoisotopic (exact) mass is 375 g/mol. The molecule has 0 saturated heterocycles. The van der Waals surface area contributed by atoms with Gasteiger partial charge in [0.1, 0.15) is 12.4 Å². The molecule has 1 aliphatic rings. The van der Waals surface area contributed by atoms with Crippen molar-refractivity contribution in [1.82, 2.24) is 0 Å². The van der Waals surface area contributed by atoms with E-state index in [2.05, 4.69) is 0 Å². The molecule has 9 nitrogen and oxygen atoms in total. The average molecular weight is 375 g/mol. The Labute approximate surface area is 154 Å². The molecule has 0 amide bonds. The number of hydrogen-bond donors (Lipinski definition) is 0. The van der Waals surface area contributed by atoms with Gasteiger partial charge in [-0.1, -0.05) is 0 Å². The van der Waals surface area contributed by atoms with Gasteiger partial charge in [-0.25, -0.2) is 4.79 Å². The topological polar surface area (TPSA) is 106 Å². The van der Waals surface area contributed by atoms with E-state index in [1.165, 1.54) is 38.5 Å². The summed E-state index contributed by atoms with van der Waals surface area (Å²) in [6.07, 6.45) is 0. The lowest BCUT2D eigenvalue weighted by Crippen LogP contribution is -2.15. The molecule has 0 spiro atoms. The molecule has 0 fully saturated rings. The van der Waals surface area contributed by atoms with E-state index in [9.17, 15) is 14.9 Å². The first kappa shape index (κ1) is 18.5. The van der Waals surface area contributed by atoms with Crippen LogP contribution in [0.5, 0.6) is 17.2 Å². The highest BCUT2D eigenvalue weighted by molar-refractivity contribution is 5.90. The molecule has 1 aliphatic heterocycles. The number of esters is 1. The molecule has 0 aliphatic carbocycles. The maximum absolute atomic E-state index is 12.4. The normalized spacial score (nSPS) is 12.5. The molecule has 142 valence electrons. The van der Waals surface area contributed by atoms with Crippen LogP contribution in [0, 0.1) is 10.1 Å². The Balaban J connectivity index is 1.81. The molecular formula is C18H17NO8. The van der Waals surface area contributed by atoms with Gasteiger partial charge in [0.2, 0.25) is 0 Å². The van der Waals surface area contributed by atoms with Crippen molar-refractivity contribution in [2.45, 2.75) is 13.2 Å². The second-order valence-corrected chi connectivity index (χ2v) is 5.61. The lowest BCUT2D eigenvalue weighted by molar-refractivity contribution is -0.385. The van der Waals surface area contributed by atoms with Crippen LogP contribution in [0.15, 0.2) is 30.3 Å². The predicted molar refractivity (Wildman–Crippen MR) is 92.0 cm³/mol. The first-order valence-corrected chi connectivity index (χ1v) is 7.93. The lowest BCUT2D eigenvalue weighted by atomic mass is 10.1. The summed E-state index contributed by atoms with van der Waals surface area (Å²) in [7, 11) is 2.95. The van der Waals surface area contributed by atoms with Crippen LogP contribution in [-0.4, -0.2) is 31.9 Å². The Kier molecular flexibility index (Phi) is 5.41. The van der Waals surface area contributed by atoms with Crippen LogP contribution >= 0.6 is 0 Å². The van der Waals surface area contributed by atoms with Crippen molar-refractivity contribution >= 4 is 11.7 Å². The molecule has 0 saturated carbocycles. The van der Waals surface area contributed by atoms with Gasteiger partial charge in [0, 0.05) is 23.3 Å². The Morgan fingerprint density at radius 1 is 1.19 bits per heavy atom. The minimum atomic E-state index is -0.608. The van der Waals surface area contributed by atoms with Crippen molar-refractivity contribution in [3.8, 4) is 17.2 Å². The first-order chi connectivity index (χ1) is 13.0. The summed E-state index contributed by atoms with van der Waals surface area (Å²) in [4.78, 5) is 23.0. The minimum Gasteiger partial charge on any atom is -0.493 e. The second kappa shape index (κ2) is 7.92. The highest BCUT2D eigenvalue weighted by Crippen LogP contribution is 2.33. The minimum absolute atomic E-state index is 0.0292. The number of rotatable bonds is 6. The number of carbonyl (C=O) groups excluding carboxylic acids is 1. The zero-order chi connectivity index (χ0) is 19.4. The summed E-state index contributed by atoms with van der Waals surface area (Å²) < 4.78 is 26.2.